The maximum Gasteiger partial charge on any atom is 0.138 e. The third-order valence-electron chi connectivity index (χ3n) is 3.13. The van der Waals surface area contributed by atoms with Crippen molar-refractivity contribution in [3.05, 3.63) is 28.8 Å². The van der Waals surface area contributed by atoms with Gasteiger partial charge in [0.25, 0.3) is 0 Å². The minimum Gasteiger partial charge on any atom is -0.486 e. The second-order valence-corrected chi connectivity index (χ2v) is 4.93. The number of hydrogen-bond donors (Lipinski definition) is 2. The standard InChI is InChI=1S/C13H17ClO3/c1-8(15)9-5-6-12(10(14)7-9)17-13-4-2-3-11(13)16/h5-8,11,13,15-16H,2-4H2,1H3. The van der Waals surface area contributed by atoms with Crippen LogP contribution in [0.1, 0.15) is 37.9 Å². The summed E-state index contributed by atoms with van der Waals surface area (Å²) in [4.78, 5) is 0. The first-order chi connectivity index (χ1) is 8.08. The zero-order chi connectivity index (χ0) is 12.4. The lowest BCUT2D eigenvalue weighted by molar-refractivity contribution is 0.0604. The topological polar surface area (TPSA) is 49.7 Å². The van der Waals surface area contributed by atoms with Crippen molar-refractivity contribution < 1.29 is 14.9 Å². The van der Waals surface area contributed by atoms with E-state index in [2.05, 4.69) is 0 Å². The van der Waals surface area contributed by atoms with Gasteiger partial charge in [0, 0.05) is 0 Å². The van der Waals surface area contributed by atoms with Crippen LogP contribution in [0, 0.1) is 0 Å². The summed E-state index contributed by atoms with van der Waals surface area (Å²) in [7, 11) is 0. The summed E-state index contributed by atoms with van der Waals surface area (Å²) in [5, 5.41) is 19.6. The normalized spacial score (nSPS) is 25.9. The van der Waals surface area contributed by atoms with Gasteiger partial charge in [-0.2, -0.15) is 0 Å². The van der Waals surface area contributed by atoms with Gasteiger partial charge in [-0.1, -0.05) is 17.7 Å². The van der Waals surface area contributed by atoms with Crippen LogP contribution < -0.4 is 4.74 Å². The molecule has 1 fully saturated rings. The number of ether oxygens (including phenoxy) is 1. The van der Waals surface area contributed by atoms with E-state index in [1.807, 2.05) is 0 Å². The van der Waals surface area contributed by atoms with Gasteiger partial charge in [0.15, 0.2) is 0 Å². The Balaban J connectivity index is 2.11. The van der Waals surface area contributed by atoms with Gasteiger partial charge in [0.2, 0.25) is 0 Å². The van der Waals surface area contributed by atoms with Crippen LogP contribution >= 0.6 is 11.6 Å². The Labute approximate surface area is 106 Å². The number of aliphatic hydroxyl groups excluding tert-OH is 2. The van der Waals surface area contributed by atoms with Gasteiger partial charge in [-0.05, 0) is 43.9 Å². The number of benzene rings is 1. The zero-order valence-corrected chi connectivity index (χ0v) is 10.5. The van der Waals surface area contributed by atoms with Crippen molar-refractivity contribution >= 4 is 11.6 Å². The fraction of sp³-hybridized carbons (Fsp3) is 0.538. The third kappa shape index (κ3) is 2.92. The lowest BCUT2D eigenvalue weighted by atomic mass is 10.1. The Kier molecular flexibility index (Phi) is 3.92. The van der Waals surface area contributed by atoms with Crippen LogP contribution in [0.4, 0.5) is 0 Å². The van der Waals surface area contributed by atoms with Crippen LogP contribution in [0.5, 0.6) is 5.75 Å². The first-order valence-corrected chi connectivity index (χ1v) is 6.28. The molecule has 2 N–H and O–H groups in total. The highest BCUT2D eigenvalue weighted by Crippen LogP contribution is 2.31. The van der Waals surface area contributed by atoms with Gasteiger partial charge in [0.1, 0.15) is 11.9 Å². The van der Waals surface area contributed by atoms with E-state index in [0.717, 1.165) is 24.8 Å². The van der Waals surface area contributed by atoms with E-state index in [0.29, 0.717) is 10.8 Å². The van der Waals surface area contributed by atoms with E-state index < -0.39 is 12.2 Å². The van der Waals surface area contributed by atoms with E-state index in [1.54, 1.807) is 25.1 Å². The molecule has 0 heterocycles. The number of halogens is 1. The predicted octanol–water partition coefficient (Wildman–Crippen LogP) is 2.69. The smallest absolute Gasteiger partial charge is 0.138 e. The first-order valence-electron chi connectivity index (χ1n) is 5.90. The number of rotatable bonds is 3. The summed E-state index contributed by atoms with van der Waals surface area (Å²) < 4.78 is 5.69. The molecule has 94 valence electrons. The van der Waals surface area contributed by atoms with E-state index >= 15 is 0 Å². The third-order valence-corrected chi connectivity index (χ3v) is 3.43. The first kappa shape index (κ1) is 12.7. The van der Waals surface area contributed by atoms with Crippen LogP contribution in [0.25, 0.3) is 0 Å². The maximum atomic E-state index is 9.68. The van der Waals surface area contributed by atoms with E-state index in [4.69, 9.17) is 16.3 Å². The summed E-state index contributed by atoms with van der Waals surface area (Å²) in [6.45, 7) is 1.69. The van der Waals surface area contributed by atoms with Crippen molar-refractivity contribution in [2.24, 2.45) is 0 Å². The molecule has 0 spiro atoms. The minimum atomic E-state index is -0.543. The average Bonchev–Trinajstić information content (AvgIpc) is 2.67. The fourth-order valence-electron chi connectivity index (χ4n) is 2.08. The average molecular weight is 257 g/mol. The highest BCUT2D eigenvalue weighted by Gasteiger charge is 2.27. The van der Waals surface area contributed by atoms with Crippen molar-refractivity contribution in [1.82, 2.24) is 0 Å². The molecule has 0 radical (unpaired) electrons. The van der Waals surface area contributed by atoms with Crippen molar-refractivity contribution in [3.63, 3.8) is 0 Å². The van der Waals surface area contributed by atoms with Gasteiger partial charge in [0.05, 0.1) is 17.2 Å². The summed E-state index contributed by atoms with van der Waals surface area (Å²) in [5.41, 5.74) is 0.759. The van der Waals surface area contributed by atoms with E-state index in [9.17, 15) is 10.2 Å². The molecule has 1 aliphatic rings. The van der Waals surface area contributed by atoms with E-state index in [1.165, 1.54) is 0 Å². The molecule has 4 heteroatoms. The van der Waals surface area contributed by atoms with Crippen molar-refractivity contribution in [3.8, 4) is 5.75 Å². The molecule has 3 nitrogen and oxygen atoms in total. The molecule has 0 saturated heterocycles. The van der Waals surface area contributed by atoms with Gasteiger partial charge >= 0.3 is 0 Å². The Bertz CT molecular complexity index is 392. The lowest BCUT2D eigenvalue weighted by Gasteiger charge is -2.18. The van der Waals surface area contributed by atoms with Crippen LogP contribution in [0.3, 0.4) is 0 Å². The highest BCUT2D eigenvalue weighted by atomic mass is 35.5. The van der Waals surface area contributed by atoms with Crippen LogP contribution in [0.15, 0.2) is 18.2 Å². The summed E-state index contributed by atoms with van der Waals surface area (Å²) in [6, 6.07) is 5.23. The van der Waals surface area contributed by atoms with Gasteiger partial charge in [-0.15, -0.1) is 0 Å². The highest BCUT2D eigenvalue weighted by molar-refractivity contribution is 6.32. The maximum absolute atomic E-state index is 9.68. The molecule has 1 aliphatic carbocycles. The second kappa shape index (κ2) is 5.25. The molecule has 1 saturated carbocycles. The Morgan fingerprint density at radius 3 is 2.71 bits per heavy atom. The predicted molar refractivity (Wildman–Crippen MR) is 66.4 cm³/mol. The van der Waals surface area contributed by atoms with Crippen LogP contribution in [-0.2, 0) is 0 Å². The lowest BCUT2D eigenvalue weighted by Crippen LogP contribution is -2.25. The SMILES string of the molecule is CC(O)c1ccc(OC2CCCC2O)c(Cl)c1. The Morgan fingerprint density at radius 1 is 1.41 bits per heavy atom. The van der Waals surface area contributed by atoms with Gasteiger partial charge in [-0.25, -0.2) is 0 Å². The van der Waals surface area contributed by atoms with E-state index in [-0.39, 0.29) is 6.10 Å². The summed E-state index contributed by atoms with van der Waals surface area (Å²) in [6.07, 6.45) is 1.52. The van der Waals surface area contributed by atoms with Crippen LogP contribution in [0.2, 0.25) is 5.02 Å². The molecule has 0 aromatic heterocycles. The second-order valence-electron chi connectivity index (χ2n) is 4.52. The quantitative estimate of drug-likeness (QED) is 0.874. The molecule has 0 bridgehead atoms. The van der Waals surface area contributed by atoms with Crippen molar-refractivity contribution in [2.45, 2.75) is 44.5 Å². The fourth-order valence-corrected chi connectivity index (χ4v) is 2.31. The molecule has 1 aromatic carbocycles. The largest absolute Gasteiger partial charge is 0.486 e. The van der Waals surface area contributed by atoms with Crippen LogP contribution in [-0.4, -0.2) is 22.4 Å². The zero-order valence-electron chi connectivity index (χ0n) is 9.77. The number of aliphatic hydroxyl groups is 2. The molecule has 17 heavy (non-hydrogen) atoms. The molecule has 0 aliphatic heterocycles. The molecule has 3 atom stereocenters. The molecule has 3 unspecified atom stereocenters. The van der Waals surface area contributed by atoms with Gasteiger partial charge in [-0.3, -0.25) is 0 Å². The molecule has 0 amide bonds. The minimum absolute atomic E-state index is 0.162. The molecular weight excluding hydrogens is 240 g/mol. The molecule has 2 rings (SSSR count). The summed E-state index contributed by atoms with van der Waals surface area (Å²) >= 11 is 6.08. The summed E-state index contributed by atoms with van der Waals surface area (Å²) in [5.74, 6) is 0.571. The number of hydrogen-bond acceptors (Lipinski definition) is 3. The van der Waals surface area contributed by atoms with Gasteiger partial charge < -0.3 is 14.9 Å². The van der Waals surface area contributed by atoms with Crippen molar-refractivity contribution in [1.29, 1.82) is 0 Å². The Hall–Kier alpha value is -0.770. The Morgan fingerprint density at radius 2 is 2.18 bits per heavy atom. The monoisotopic (exact) mass is 256 g/mol. The molecular formula is C13H17ClO3. The van der Waals surface area contributed by atoms with Crippen molar-refractivity contribution in [2.75, 3.05) is 0 Å². The molecule has 1 aromatic rings.